The molecule has 4 nitrogen and oxygen atoms in total. The van der Waals surface area contributed by atoms with Gasteiger partial charge in [0.25, 0.3) is 0 Å². The number of unbranched alkanes of at least 4 members (excludes halogenated alkanes) is 4. The lowest BCUT2D eigenvalue weighted by Crippen LogP contribution is -2.06. The number of pyridine rings is 1. The Balaban J connectivity index is 1.79. The van der Waals surface area contributed by atoms with Crippen LogP contribution >= 0.6 is 0 Å². The van der Waals surface area contributed by atoms with Gasteiger partial charge < -0.3 is 10.3 Å². The second-order valence-electron chi connectivity index (χ2n) is 7.48. The quantitative estimate of drug-likeness (QED) is 0.402. The molecule has 2 aromatic heterocycles. The van der Waals surface area contributed by atoms with E-state index in [0.29, 0.717) is 5.82 Å². The summed E-state index contributed by atoms with van der Waals surface area (Å²) in [5, 5.41) is 1.12. The van der Waals surface area contributed by atoms with Crippen LogP contribution in [0.1, 0.15) is 50.4 Å². The van der Waals surface area contributed by atoms with E-state index in [0.717, 1.165) is 47.1 Å². The van der Waals surface area contributed by atoms with Crippen molar-refractivity contribution in [3.05, 3.63) is 66.0 Å². The van der Waals surface area contributed by atoms with Crippen molar-refractivity contribution < 1.29 is 0 Å². The van der Waals surface area contributed by atoms with Gasteiger partial charge in [0.2, 0.25) is 0 Å². The lowest BCUT2D eigenvalue weighted by Gasteiger charge is -2.11. The maximum Gasteiger partial charge on any atom is 0.152 e. The molecule has 0 atom stereocenters. The van der Waals surface area contributed by atoms with Gasteiger partial charge >= 0.3 is 0 Å². The van der Waals surface area contributed by atoms with Gasteiger partial charge in [0.15, 0.2) is 5.82 Å². The molecular formula is C24H28N4. The van der Waals surface area contributed by atoms with E-state index < -0.39 is 0 Å². The summed E-state index contributed by atoms with van der Waals surface area (Å²) in [6.07, 6.45) is 7.24. The monoisotopic (exact) mass is 372 g/mol. The predicted octanol–water partition coefficient (Wildman–Crippen LogP) is 5.73. The maximum absolute atomic E-state index is 6.31. The third kappa shape index (κ3) is 3.72. The molecule has 0 aliphatic carbocycles. The third-order valence-electron chi connectivity index (χ3n) is 5.38. The molecule has 144 valence electrons. The highest BCUT2D eigenvalue weighted by Crippen LogP contribution is 2.30. The van der Waals surface area contributed by atoms with Crippen molar-refractivity contribution in [2.24, 2.45) is 0 Å². The number of para-hydroxylation sites is 1. The molecule has 28 heavy (non-hydrogen) atoms. The van der Waals surface area contributed by atoms with E-state index in [2.05, 4.69) is 58.9 Å². The van der Waals surface area contributed by atoms with E-state index in [1.807, 2.05) is 12.1 Å². The van der Waals surface area contributed by atoms with Crippen LogP contribution in [-0.2, 0) is 13.0 Å². The Morgan fingerprint density at radius 2 is 1.61 bits per heavy atom. The zero-order valence-corrected chi connectivity index (χ0v) is 16.6. The van der Waals surface area contributed by atoms with E-state index >= 15 is 0 Å². The van der Waals surface area contributed by atoms with Crippen molar-refractivity contribution in [3.8, 4) is 0 Å². The summed E-state index contributed by atoms with van der Waals surface area (Å²) in [6, 6.07) is 18.8. The minimum absolute atomic E-state index is 0.521. The number of hydrogen-bond acceptors (Lipinski definition) is 3. The van der Waals surface area contributed by atoms with Crippen LogP contribution in [0.2, 0.25) is 0 Å². The summed E-state index contributed by atoms with van der Waals surface area (Å²) in [6.45, 7) is 3.05. The van der Waals surface area contributed by atoms with Crippen LogP contribution in [0.4, 0.5) is 5.82 Å². The van der Waals surface area contributed by atoms with Gasteiger partial charge in [-0.3, -0.25) is 0 Å². The summed E-state index contributed by atoms with van der Waals surface area (Å²) in [4.78, 5) is 9.54. The largest absolute Gasteiger partial charge is 0.382 e. The molecule has 2 heterocycles. The molecule has 0 unspecified atom stereocenters. The highest BCUT2D eigenvalue weighted by molar-refractivity contribution is 6.06. The van der Waals surface area contributed by atoms with Gasteiger partial charge in [0, 0.05) is 18.4 Å². The van der Waals surface area contributed by atoms with Crippen molar-refractivity contribution in [1.29, 1.82) is 0 Å². The number of nitrogen functional groups attached to an aromatic ring is 1. The number of nitrogens with zero attached hydrogens (tertiary/aromatic N) is 3. The average molecular weight is 373 g/mol. The van der Waals surface area contributed by atoms with Crippen LogP contribution in [0.5, 0.6) is 0 Å². The van der Waals surface area contributed by atoms with E-state index in [1.54, 1.807) is 0 Å². The molecule has 0 amide bonds. The fourth-order valence-electron chi connectivity index (χ4n) is 3.92. The van der Waals surface area contributed by atoms with E-state index in [-0.39, 0.29) is 0 Å². The Labute approximate surface area is 166 Å². The summed E-state index contributed by atoms with van der Waals surface area (Å²) in [7, 11) is 0. The Morgan fingerprint density at radius 3 is 2.43 bits per heavy atom. The number of fused-ring (bicyclic) bond motifs is 3. The molecule has 2 N–H and O–H groups in total. The molecule has 0 spiro atoms. The first-order chi connectivity index (χ1) is 13.8. The van der Waals surface area contributed by atoms with Gasteiger partial charge in [-0.05, 0) is 18.1 Å². The lowest BCUT2D eigenvalue weighted by molar-refractivity contribution is 0.610. The van der Waals surface area contributed by atoms with Crippen LogP contribution in [0.3, 0.4) is 0 Å². The van der Waals surface area contributed by atoms with Crippen LogP contribution in [0, 0.1) is 0 Å². The first kappa shape index (κ1) is 18.5. The number of aryl methyl sites for hydroxylation is 1. The van der Waals surface area contributed by atoms with Crippen LogP contribution in [-0.4, -0.2) is 14.5 Å². The molecule has 0 bridgehead atoms. The fourth-order valence-corrected chi connectivity index (χ4v) is 3.92. The normalized spacial score (nSPS) is 11.5. The van der Waals surface area contributed by atoms with Crippen LogP contribution in [0.25, 0.3) is 21.9 Å². The number of imidazole rings is 1. The Kier molecular flexibility index (Phi) is 5.56. The van der Waals surface area contributed by atoms with Gasteiger partial charge in [-0.2, -0.15) is 0 Å². The second-order valence-corrected chi connectivity index (χ2v) is 7.48. The molecule has 0 fully saturated rings. The highest BCUT2D eigenvalue weighted by Gasteiger charge is 2.17. The SMILES string of the molecule is CCCCCCCc1nc2c(N)nc3ccccc3c2n1Cc1ccccc1. The smallest absolute Gasteiger partial charge is 0.152 e. The molecule has 0 aliphatic heterocycles. The lowest BCUT2D eigenvalue weighted by atomic mass is 10.1. The minimum atomic E-state index is 0.521. The molecule has 0 saturated heterocycles. The maximum atomic E-state index is 6.31. The van der Waals surface area contributed by atoms with Gasteiger partial charge in [-0.25, -0.2) is 9.97 Å². The van der Waals surface area contributed by atoms with Crippen molar-refractivity contribution in [2.45, 2.75) is 52.0 Å². The molecule has 0 radical (unpaired) electrons. The Bertz CT molecular complexity index is 1070. The predicted molar refractivity (Wildman–Crippen MR) is 117 cm³/mol. The molecule has 4 heteroatoms. The number of aromatic nitrogens is 3. The zero-order chi connectivity index (χ0) is 19.3. The molecule has 4 rings (SSSR count). The first-order valence-corrected chi connectivity index (χ1v) is 10.3. The molecule has 0 aliphatic rings. The summed E-state index contributed by atoms with van der Waals surface area (Å²) in [5.41, 5.74) is 10.4. The number of nitrogens with two attached hydrogens (primary N) is 1. The van der Waals surface area contributed by atoms with Crippen LogP contribution < -0.4 is 5.73 Å². The summed E-state index contributed by atoms with van der Waals surface area (Å²) in [5.74, 6) is 1.63. The highest BCUT2D eigenvalue weighted by atomic mass is 15.1. The van der Waals surface area contributed by atoms with Gasteiger partial charge in [-0.15, -0.1) is 0 Å². The van der Waals surface area contributed by atoms with Gasteiger partial charge in [0.1, 0.15) is 11.3 Å². The van der Waals surface area contributed by atoms with Crippen molar-refractivity contribution >= 4 is 27.8 Å². The summed E-state index contributed by atoms with van der Waals surface area (Å²) >= 11 is 0. The standard InChI is InChI=1S/C24H28N4/c1-2-3-4-5-9-16-21-27-22-23(28(21)17-18-12-7-6-8-13-18)19-14-10-11-15-20(19)26-24(22)25/h6-8,10-15H,2-5,9,16-17H2,1H3,(H2,25,26). The molecular weight excluding hydrogens is 344 g/mol. The zero-order valence-electron chi connectivity index (χ0n) is 16.6. The van der Waals surface area contributed by atoms with Crippen molar-refractivity contribution in [1.82, 2.24) is 14.5 Å². The van der Waals surface area contributed by atoms with E-state index in [4.69, 9.17) is 10.7 Å². The molecule has 2 aromatic carbocycles. The number of hydrogen-bond donors (Lipinski definition) is 1. The minimum Gasteiger partial charge on any atom is -0.382 e. The Morgan fingerprint density at radius 1 is 0.857 bits per heavy atom. The first-order valence-electron chi connectivity index (χ1n) is 10.3. The van der Waals surface area contributed by atoms with E-state index in [9.17, 15) is 0 Å². The van der Waals surface area contributed by atoms with Crippen LogP contribution in [0.15, 0.2) is 54.6 Å². The number of benzene rings is 2. The van der Waals surface area contributed by atoms with Crippen molar-refractivity contribution in [2.75, 3.05) is 5.73 Å². The average Bonchev–Trinajstić information content (AvgIpc) is 3.08. The Hall–Kier alpha value is -2.88. The molecule has 4 aromatic rings. The van der Waals surface area contributed by atoms with Gasteiger partial charge in [0.05, 0.1) is 11.0 Å². The summed E-state index contributed by atoms with van der Waals surface area (Å²) < 4.78 is 2.35. The third-order valence-corrected chi connectivity index (χ3v) is 5.38. The topological polar surface area (TPSA) is 56.7 Å². The number of rotatable bonds is 8. The molecule has 0 saturated carbocycles. The van der Waals surface area contributed by atoms with Crippen molar-refractivity contribution in [3.63, 3.8) is 0 Å². The van der Waals surface area contributed by atoms with E-state index in [1.165, 1.54) is 31.2 Å². The number of anilines is 1. The van der Waals surface area contributed by atoms with Gasteiger partial charge in [-0.1, -0.05) is 81.1 Å². The fraction of sp³-hybridized carbons (Fsp3) is 0.333. The second kappa shape index (κ2) is 8.42.